The molecule has 0 spiro atoms. The van der Waals surface area contributed by atoms with E-state index in [1.165, 1.54) is 0 Å². The average Bonchev–Trinajstić information content (AvgIpc) is 3.01. The number of benzene rings is 2. The second-order valence-corrected chi connectivity index (χ2v) is 12.2. The number of halogens is 2. The summed E-state index contributed by atoms with van der Waals surface area (Å²) in [6, 6.07) is 12.6. The predicted octanol–water partition coefficient (Wildman–Crippen LogP) is 5.11. The standard InChI is InChI=1S/C31H38Cl2N4O5/c1-35(29(38)20-6-9-22(10-7-20)36-14-16-42-17-15-36)28-12-13-37(19-24(28)21-8-11-25(32)26(33)18-21)30(39)23-4-2-3-5-27(23)34-31(40)41/h6-11,18,23-24,27-28,34H,2-5,12-17,19H2,1H3,(H,40,41)/t23-,24-,27+,28+/m0/s1. The molecule has 1 saturated carbocycles. The number of nitrogens with zero attached hydrogens (tertiary/aromatic N) is 3. The number of carbonyl (C=O) groups excluding carboxylic acids is 2. The molecular weight excluding hydrogens is 579 g/mol. The molecular formula is C31H38Cl2N4O5. The fourth-order valence-corrected chi connectivity index (χ4v) is 6.96. The summed E-state index contributed by atoms with van der Waals surface area (Å²) in [6.07, 6.45) is 2.56. The van der Waals surface area contributed by atoms with Crippen LogP contribution in [0.1, 0.15) is 53.9 Å². The minimum atomic E-state index is -1.11. The van der Waals surface area contributed by atoms with Crippen molar-refractivity contribution in [3.05, 3.63) is 63.6 Å². The van der Waals surface area contributed by atoms with Crippen molar-refractivity contribution in [1.82, 2.24) is 15.1 Å². The zero-order valence-corrected chi connectivity index (χ0v) is 25.3. The van der Waals surface area contributed by atoms with E-state index in [0.29, 0.717) is 61.2 Å². The smallest absolute Gasteiger partial charge is 0.404 e. The van der Waals surface area contributed by atoms with Gasteiger partial charge >= 0.3 is 6.09 Å². The Kier molecular flexibility index (Phi) is 9.81. The highest BCUT2D eigenvalue weighted by Crippen LogP contribution is 2.36. The number of carboxylic acid groups (broad SMARTS) is 1. The molecule has 0 bridgehead atoms. The Labute approximate surface area is 256 Å². The lowest BCUT2D eigenvalue weighted by Crippen LogP contribution is -2.55. The van der Waals surface area contributed by atoms with Crippen LogP contribution in [-0.2, 0) is 9.53 Å². The average molecular weight is 618 g/mol. The first-order valence-electron chi connectivity index (χ1n) is 14.7. The number of piperidine rings is 1. The Morgan fingerprint density at radius 2 is 1.67 bits per heavy atom. The van der Waals surface area contributed by atoms with Crippen LogP contribution in [0.5, 0.6) is 0 Å². The number of carbonyl (C=O) groups is 3. The Hall–Kier alpha value is -3.01. The van der Waals surface area contributed by atoms with Crippen LogP contribution < -0.4 is 10.2 Å². The molecule has 2 aliphatic heterocycles. The molecule has 0 unspecified atom stereocenters. The number of anilines is 1. The number of likely N-dealkylation sites (N-methyl/N-ethyl adjacent to an activating group) is 1. The molecule has 3 amide bonds. The number of hydrogen-bond donors (Lipinski definition) is 2. The minimum Gasteiger partial charge on any atom is -0.465 e. The van der Waals surface area contributed by atoms with E-state index < -0.39 is 18.1 Å². The van der Waals surface area contributed by atoms with Crippen LogP contribution in [0, 0.1) is 5.92 Å². The molecule has 1 aliphatic carbocycles. The van der Waals surface area contributed by atoms with Crippen LogP contribution in [0.15, 0.2) is 42.5 Å². The summed E-state index contributed by atoms with van der Waals surface area (Å²) in [5.74, 6) is -0.722. The van der Waals surface area contributed by atoms with Gasteiger partial charge in [0.1, 0.15) is 0 Å². The number of likely N-dealkylation sites (tertiary alicyclic amines) is 1. The number of hydrogen-bond acceptors (Lipinski definition) is 5. The SMILES string of the molecule is CN(C(=O)c1ccc(N2CCOCC2)cc1)[C@@H]1CCN(C(=O)[C@H]2CCCC[C@H]2NC(=O)O)C[C@H]1c1ccc(Cl)c(Cl)c1. The topological polar surface area (TPSA) is 102 Å². The highest BCUT2D eigenvalue weighted by Gasteiger charge is 2.41. The summed E-state index contributed by atoms with van der Waals surface area (Å²) in [6.45, 7) is 3.90. The first kappa shape index (κ1) is 30.4. The lowest BCUT2D eigenvalue weighted by atomic mass is 9.81. The summed E-state index contributed by atoms with van der Waals surface area (Å²) in [4.78, 5) is 44.8. The zero-order chi connectivity index (χ0) is 29.8. The van der Waals surface area contributed by atoms with Crippen LogP contribution in [0.2, 0.25) is 10.0 Å². The quantitative estimate of drug-likeness (QED) is 0.467. The summed E-state index contributed by atoms with van der Waals surface area (Å²) in [5, 5.41) is 12.8. The third kappa shape index (κ3) is 6.79. The molecule has 0 aromatic heterocycles. The van der Waals surface area contributed by atoms with E-state index in [-0.39, 0.29) is 23.8 Å². The van der Waals surface area contributed by atoms with Gasteiger partial charge in [0, 0.05) is 62.5 Å². The maximum absolute atomic E-state index is 13.8. The number of morpholine rings is 1. The van der Waals surface area contributed by atoms with Gasteiger partial charge in [0.15, 0.2) is 0 Å². The van der Waals surface area contributed by atoms with Gasteiger partial charge in [-0.2, -0.15) is 0 Å². The van der Waals surface area contributed by atoms with Crippen molar-refractivity contribution in [3.63, 3.8) is 0 Å². The lowest BCUT2D eigenvalue weighted by molar-refractivity contribution is -0.139. The largest absolute Gasteiger partial charge is 0.465 e. The highest BCUT2D eigenvalue weighted by molar-refractivity contribution is 6.42. The summed E-state index contributed by atoms with van der Waals surface area (Å²) >= 11 is 12.6. The van der Waals surface area contributed by atoms with Crippen LogP contribution in [0.3, 0.4) is 0 Å². The van der Waals surface area contributed by atoms with Crippen LogP contribution in [0.25, 0.3) is 0 Å². The molecule has 5 rings (SSSR count). The van der Waals surface area contributed by atoms with E-state index in [1.54, 1.807) is 11.0 Å². The second kappa shape index (κ2) is 13.5. The Bertz CT molecular complexity index is 1290. The third-order valence-electron chi connectivity index (χ3n) is 8.96. The highest BCUT2D eigenvalue weighted by atomic mass is 35.5. The van der Waals surface area contributed by atoms with Crippen LogP contribution in [-0.4, -0.2) is 91.3 Å². The van der Waals surface area contributed by atoms with Crippen molar-refractivity contribution in [2.45, 2.75) is 50.1 Å². The van der Waals surface area contributed by atoms with Crippen molar-refractivity contribution in [3.8, 4) is 0 Å². The summed E-state index contributed by atoms with van der Waals surface area (Å²) in [5.41, 5.74) is 2.57. The van der Waals surface area contributed by atoms with Gasteiger partial charge in [0.05, 0.1) is 29.2 Å². The number of nitrogens with one attached hydrogen (secondary N) is 1. The number of rotatable bonds is 6. The van der Waals surface area contributed by atoms with E-state index in [4.69, 9.17) is 27.9 Å². The van der Waals surface area contributed by atoms with Gasteiger partial charge in [-0.1, -0.05) is 42.1 Å². The van der Waals surface area contributed by atoms with Crippen LogP contribution >= 0.6 is 23.2 Å². The first-order chi connectivity index (χ1) is 20.2. The first-order valence-corrected chi connectivity index (χ1v) is 15.4. The molecule has 226 valence electrons. The monoisotopic (exact) mass is 616 g/mol. The van der Waals surface area contributed by atoms with E-state index in [1.807, 2.05) is 48.3 Å². The van der Waals surface area contributed by atoms with Gasteiger partial charge in [-0.05, 0) is 61.2 Å². The van der Waals surface area contributed by atoms with Crippen molar-refractivity contribution < 1.29 is 24.2 Å². The Morgan fingerprint density at radius 3 is 2.36 bits per heavy atom. The Morgan fingerprint density at radius 1 is 0.952 bits per heavy atom. The number of amides is 3. The van der Waals surface area contributed by atoms with E-state index in [2.05, 4.69) is 10.2 Å². The van der Waals surface area contributed by atoms with Gasteiger partial charge < -0.3 is 29.9 Å². The molecule has 2 N–H and O–H groups in total. The van der Waals surface area contributed by atoms with Gasteiger partial charge in [-0.25, -0.2) is 4.79 Å². The second-order valence-electron chi connectivity index (χ2n) is 11.4. The molecule has 11 heteroatoms. The van der Waals surface area contributed by atoms with Gasteiger partial charge in [-0.3, -0.25) is 9.59 Å². The van der Waals surface area contributed by atoms with E-state index in [9.17, 15) is 19.5 Å². The molecule has 4 atom stereocenters. The van der Waals surface area contributed by atoms with E-state index in [0.717, 1.165) is 37.2 Å². The molecule has 3 fully saturated rings. The molecule has 9 nitrogen and oxygen atoms in total. The molecule has 2 saturated heterocycles. The summed E-state index contributed by atoms with van der Waals surface area (Å²) < 4.78 is 5.45. The molecule has 42 heavy (non-hydrogen) atoms. The maximum atomic E-state index is 13.8. The van der Waals surface area contributed by atoms with Crippen molar-refractivity contribution in [2.75, 3.05) is 51.3 Å². The van der Waals surface area contributed by atoms with Gasteiger partial charge in [0.2, 0.25) is 5.91 Å². The van der Waals surface area contributed by atoms with Crippen molar-refractivity contribution in [2.24, 2.45) is 5.92 Å². The van der Waals surface area contributed by atoms with Crippen LogP contribution in [0.4, 0.5) is 10.5 Å². The fraction of sp³-hybridized carbons (Fsp3) is 0.516. The fourth-order valence-electron chi connectivity index (χ4n) is 6.66. The predicted molar refractivity (Wildman–Crippen MR) is 163 cm³/mol. The maximum Gasteiger partial charge on any atom is 0.404 e. The van der Waals surface area contributed by atoms with Crippen molar-refractivity contribution in [1.29, 1.82) is 0 Å². The minimum absolute atomic E-state index is 0.0374. The molecule has 2 heterocycles. The third-order valence-corrected chi connectivity index (χ3v) is 9.70. The lowest BCUT2D eigenvalue weighted by Gasteiger charge is -2.44. The molecule has 3 aliphatic rings. The van der Waals surface area contributed by atoms with Gasteiger partial charge in [0.25, 0.3) is 5.91 Å². The summed E-state index contributed by atoms with van der Waals surface area (Å²) in [7, 11) is 1.82. The molecule has 2 aromatic carbocycles. The molecule has 0 radical (unpaired) electrons. The van der Waals surface area contributed by atoms with Crippen molar-refractivity contribution >= 4 is 46.8 Å². The molecule has 2 aromatic rings. The Balaban J connectivity index is 1.36. The zero-order valence-electron chi connectivity index (χ0n) is 23.8. The normalized spacial score (nSPS) is 24.6. The van der Waals surface area contributed by atoms with Gasteiger partial charge in [-0.15, -0.1) is 0 Å². The van der Waals surface area contributed by atoms with E-state index >= 15 is 0 Å². The number of ether oxygens (including phenoxy) is 1.